The van der Waals surface area contributed by atoms with Gasteiger partial charge in [-0.05, 0) is 56.7 Å². The van der Waals surface area contributed by atoms with Crippen molar-refractivity contribution in [1.82, 2.24) is 10.2 Å². The highest BCUT2D eigenvalue weighted by Crippen LogP contribution is 2.26. The summed E-state index contributed by atoms with van der Waals surface area (Å²) in [5.74, 6) is 0.614. The number of unbranched alkanes of at least 4 members (excludes halogenated alkanes) is 1. The van der Waals surface area contributed by atoms with E-state index in [-0.39, 0.29) is 0 Å². The van der Waals surface area contributed by atoms with Crippen molar-refractivity contribution in [2.75, 3.05) is 64.4 Å². The molecule has 1 atom stereocenters. The molecule has 0 aliphatic heterocycles. The van der Waals surface area contributed by atoms with Crippen LogP contribution in [-0.4, -0.2) is 70.7 Å². The van der Waals surface area contributed by atoms with Crippen LogP contribution in [0, 0.1) is 5.92 Å². The van der Waals surface area contributed by atoms with Crippen molar-refractivity contribution in [2.45, 2.75) is 101 Å². The molecule has 5 nitrogen and oxygen atoms in total. The highest BCUT2D eigenvalue weighted by molar-refractivity contribution is 5.78. The monoisotopic (exact) mass is 576 g/mol. The van der Waals surface area contributed by atoms with Crippen LogP contribution in [-0.2, 0) is 11.2 Å². The fraction of sp³-hybridized carbons (Fsp3) is 0.694. The van der Waals surface area contributed by atoms with Crippen LogP contribution >= 0.6 is 0 Å². The summed E-state index contributed by atoms with van der Waals surface area (Å²) in [6, 6.07) is 6.18. The van der Waals surface area contributed by atoms with E-state index < -0.39 is 0 Å². The third kappa shape index (κ3) is 24.4. The summed E-state index contributed by atoms with van der Waals surface area (Å²) in [5, 5.41) is 3.57. The molecule has 41 heavy (non-hydrogen) atoms. The molecule has 0 aliphatic carbocycles. The molecule has 0 bridgehead atoms. The molecular formula is C36H69N3O2. The Bertz CT molecular complexity index is 721. The Hall–Kier alpha value is -1.95. The summed E-state index contributed by atoms with van der Waals surface area (Å²) < 4.78 is 5.13. The van der Waals surface area contributed by atoms with Crippen molar-refractivity contribution in [3.63, 3.8) is 0 Å². The molecule has 0 saturated carbocycles. The standard InChI is InChI=1S/C29H49N3O2.C3H8.2C2H6/c1-6-9-17-31(19-16-30-15-11-12-22-34-5)20-21-32(18-10-7-2)29-24-27(25-33)13-14-28(29)23-26(4)8-3;1-3-2;2*1-2/h6-7,9,13-14,24-26,30H,2,8,10-12,15-23H2,1,3-5H3;3H2,1-2H3;2*1-2H3/b9-6+;;;. The fourth-order valence-corrected chi connectivity index (χ4v) is 3.91. The number of aldehydes is 1. The van der Waals surface area contributed by atoms with Gasteiger partial charge < -0.3 is 15.0 Å². The molecule has 0 amide bonds. The third-order valence-electron chi connectivity index (χ3n) is 6.30. The predicted molar refractivity (Wildman–Crippen MR) is 186 cm³/mol. The van der Waals surface area contributed by atoms with E-state index in [0.717, 1.165) is 96.4 Å². The van der Waals surface area contributed by atoms with Crippen LogP contribution in [0.1, 0.15) is 110 Å². The zero-order chi connectivity index (χ0) is 31.7. The second kappa shape index (κ2) is 34.3. The molecule has 0 spiro atoms. The number of carbonyl (C=O) groups is 1. The number of hydrogen-bond acceptors (Lipinski definition) is 5. The lowest BCUT2D eigenvalue weighted by Gasteiger charge is -2.31. The first-order valence-electron chi connectivity index (χ1n) is 16.5. The number of ether oxygens (including phenoxy) is 1. The minimum Gasteiger partial charge on any atom is -0.385 e. The average molecular weight is 576 g/mol. The number of hydrogen-bond donors (Lipinski definition) is 1. The number of methoxy groups -OCH3 is 1. The van der Waals surface area contributed by atoms with Crippen LogP contribution in [0.2, 0.25) is 0 Å². The quantitative estimate of drug-likeness (QED) is 0.0901. The van der Waals surface area contributed by atoms with E-state index in [9.17, 15) is 4.79 Å². The van der Waals surface area contributed by atoms with E-state index in [1.165, 1.54) is 17.7 Å². The molecule has 0 radical (unpaired) electrons. The van der Waals surface area contributed by atoms with Gasteiger partial charge in [0.1, 0.15) is 6.29 Å². The second-order valence-electron chi connectivity index (χ2n) is 9.81. The van der Waals surface area contributed by atoms with Crippen LogP contribution in [0.15, 0.2) is 43.0 Å². The first-order valence-corrected chi connectivity index (χ1v) is 16.5. The maximum atomic E-state index is 11.5. The van der Waals surface area contributed by atoms with Gasteiger partial charge in [-0.25, -0.2) is 0 Å². The summed E-state index contributed by atoms with van der Waals surface area (Å²) in [4.78, 5) is 16.5. The first-order chi connectivity index (χ1) is 20.0. The van der Waals surface area contributed by atoms with E-state index in [1.54, 1.807) is 7.11 Å². The van der Waals surface area contributed by atoms with E-state index in [2.05, 4.69) is 80.6 Å². The van der Waals surface area contributed by atoms with Crippen molar-refractivity contribution in [2.24, 2.45) is 5.92 Å². The largest absolute Gasteiger partial charge is 0.385 e. The summed E-state index contributed by atoms with van der Waals surface area (Å²) >= 11 is 0. The molecule has 1 N–H and O–H groups in total. The van der Waals surface area contributed by atoms with Crippen molar-refractivity contribution in [3.8, 4) is 0 Å². The number of rotatable bonds is 21. The Kier molecular flexibility index (Phi) is 36.3. The minimum atomic E-state index is 0.614. The molecule has 1 aromatic rings. The highest BCUT2D eigenvalue weighted by atomic mass is 16.5. The number of nitrogens with one attached hydrogen (secondary N) is 1. The van der Waals surface area contributed by atoms with Crippen LogP contribution in [0.4, 0.5) is 5.69 Å². The average Bonchev–Trinajstić information content (AvgIpc) is 3.01. The topological polar surface area (TPSA) is 44.8 Å². The molecule has 1 rings (SSSR count). The SMILES string of the molecule is C=CCCN(CCN(C/C=C/C)CCNCCCCOC)c1cc(C=O)ccc1CC(C)CC.CC.CC.CCC. The minimum absolute atomic E-state index is 0.614. The number of allylic oxidation sites excluding steroid dienone is 1. The van der Waals surface area contributed by atoms with Gasteiger partial charge in [0.25, 0.3) is 0 Å². The maximum Gasteiger partial charge on any atom is 0.150 e. The Balaban J connectivity index is -0.00000189. The Morgan fingerprint density at radius 3 is 2.24 bits per heavy atom. The van der Waals surface area contributed by atoms with Crippen LogP contribution < -0.4 is 10.2 Å². The number of anilines is 1. The van der Waals surface area contributed by atoms with Crippen molar-refractivity contribution in [3.05, 3.63) is 54.1 Å². The van der Waals surface area contributed by atoms with E-state index >= 15 is 0 Å². The second-order valence-corrected chi connectivity index (χ2v) is 9.81. The predicted octanol–water partition coefficient (Wildman–Crippen LogP) is 8.83. The van der Waals surface area contributed by atoms with E-state index in [1.807, 2.05) is 39.8 Å². The van der Waals surface area contributed by atoms with Crippen LogP contribution in [0.5, 0.6) is 0 Å². The summed E-state index contributed by atoms with van der Waals surface area (Å²) in [5.41, 5.74) is 3.28. The fourth-order valence-electron chi connectivity index (χ4n) is 3.91. The van der Waals surface area contributed by atoms with Crippen molar-refractivity contribution in [1.29, 1.82) is 0 Å². The van der Waals surface area contributed by atoms with Crippen molar-refractivity contribution >= 4 is 12.0 Å². The molecule has 5 heteroatoms. The van der Waals surface area contributed by atoms with Gasteiger partial charge in [0, 0.05) is 64.2 Å². The lowest BCUT2D eigenvalue weighted by Crippen LogP contribution is -2.39. The molecule has 0 aliphatic rings. The first kappa shape index (κ1) is 43.5. The molecule has 1 aromatic carbocycles. The Morgan fingerprint density at radius 2 is 1.68 bits per heavy atom. The summed E-state index contributed by atoms with van der Waals surface area (Å²) in [7, 11) is 1.76. The maximum absolute atomic E-state index is 11.5. The zero-order valence-corrected chi connectivity index (χ0v) is 28.9. The third-order valence-corrected chi connectivity index (χ3v) is 6.30. The smallest absolute Gasteiger partial charge is 0.150 e. The molecular weight excluding hydrogens is 506 g/mol. The van der Waals surface area contributed by atoms with Crippen molar-refractivity contribution < 1.29 is 9.53 Å². The molecule has 240 valence electrons. The van der Waals surface area contributed by atoms with Gasteiger partial charge in [-0.1, -0.05) is 98.6 Å². The van der Waals surface area contributed by atoms with E-state index in [4.69, 9.17) is 4.74 Å². The van der Waals surface area contributed by atoms with Gasteiger partial charge in [0.15, 0.2) is 0 Å². The van der Waals surface area contributed by atoms with Crippen LogP contribution in [0.25, 0.3) is 0 Å². The number of benzene rings is 1. The molecule has 0 saturated heterocycles. The van der Waals surface area contributed by atoms with Gasteiger partial charge in [0.05, 0.1) is 0 Å². The highest BCUT2D eigenvalue weighted by Gasteiger charge is 2.15. The Labute approximate surface area is 256 Å². The number of nitrogens with zero attached hydrogens (tertiary/aromatic N) is 2. The normalized spacial score (nSPS) is 11.0. The van der Waals surface area contributed by atoms with E-state index in [0.29, 0.717) is 5.92 Å². The van der Waals surface area contributed by atoms with Gasteiger partial charge in [0.2, 0.25) is 0 Å². The zero-order valence-electron chi connectivity index (χ0n) is 28.9. The molecule has 0 heterocycles. The number of carbonyl (C=O) groups excluding carboxylic acids is 1. The van der Waals surface area contributed by atoms with Gasteiger partial charge in [-0.2, -0.15) is 0 Å². The lowest BCUT2D eigenvalue weighted by molar-refractivity contribution is 0.112. The van der Waals surface area contributed by atoms with Crippen LogP contribution in [0.3, 0.4) is 0 Å². The lowest BCUT2D eigenvalue weighted by atomic mass is 9.96. The molecule has 0 aromatic heterocycles. The summed E-state index contributed by atoms with van der Waals surface area (Å²) in [6.45, 7) is 30.4. The van der Waals surface area contributed by atoms with Gasteiger partial charge >= 0.3 is 0 Å². The van der Waals surface area contributed by atoms with Gasteiger partial charge in [-0.15, -0.1) is 6.58 Å². The Morgan fingerprint density at radius 1 is 1.00 bits per heavy atom. The summed E-state index contributed by atoms with van der Waals surface area (Å²) in [6.07, 6.45) is 13.9. The van der Waals surface area contributed by atoms with Gasteiger partial charge in [-0.3, -0.25) is 9.69 Å². The molecule has 1 unspecified atom stereocenters. The molecule has 0 fully saturated rings.